The summed E-state index contributed by atoms with van der Waals surface area (Å²) in [5.74, 6) is -0.164. The molecule has 1 fully saturated rings. The highest BCUT2D eigenvalue weighted by atomic mass is 35.5. The molecule has 2 unspecified atom stereocenters. The van der Waals surface area contributed by atoms with E-state index in [9.17, 15) is 13.2 Å². The number of hydrogen-bond donors (Lipinski definition) is 0. The number of alkyl halides is 4. The Morgan fingerprint density at radius 1 is 1.06 bits per heavy atom. The Bertz CT molecular complexity index is 386. The lowest BCUT2D eigenvalue weighted by Crippen LogP contribution is -2.21. The summed E-state index contributed by atoms with van der Waals surface area (Å²) >= 11 is 6.17. The van der Waals surface area contributed by atoms with Crippen molar-refractivity contribution in [3.63, 3.8) is 0 Å². The molecule has 0 aromatic heterocycles. The van der Waals surface area contributed by atoms with Gasteiger partial charge in [-0.15, -0.1) is 11.6 Å². The van der Waals surface area contributed by atoms with Gasteiger partial charge in [0.15, 0.2) is 0 Å². The Morgan fingerprint density at radius 2 is 1.71 bits per heavy atom. The number of halogens is 4. The van der Waals surface area contributed by atoms with Gasteiger partial charge in [0.05, 0.1) is 5.56 Å². The molecule has 0 nitrogen and oxygen atoms in total. The van der Waals surface area contributed by atoms with Crippen molar-refractivity contribution in [2.24, 2.45) is 0 Å². The fourth-order valence-corrected chi connectivity index (χ4v) is 2.93. The van der Waals surface area contributed by atoms with Gasteiger partial charge in [0.1, 0.15) is 0 Å². The average Bonchev–Trinajstić information content (AvgIpc) is 2.28. The fraction of sp³-hybridized carbons (Fsp3) is 0.538. The zero-order valence-electron chi connectivity index (χ0n) is 9.30. The van der Waals surface area contributed by atoms with E-state index in [0.29, 0.717) is 5.56 Å². The Kier molecular flexibility index (Phi) is 3.67. The van der Waals surface area contributed by atoms with Gasteiger partial charge in [0, 0.05) is 11.3 Å². The first-order valence-corrected chi connectivity index (χ1v) is 6.24. The minimum Gasteiger partial charge on any atom is -0.166 e. The summed E-state index contributed by atoms with van der Waals surface area (Å²) in [5, 5.41) is -0.174. The molecule has 17 heavy (non-hydrogen) atoms. The van der Waals surface area contributed by atoms with E-state index in [1.54, 1.807) is 12.1 Å². The van der Waals surface area contributed by atoms with E-state index in [2.05, 4.69) is 0 Å². The molecule has 1 aromatic carbocycles. The summed E-state index contributed by atoms with van der Waals surface area (Å²) in [6.07, 6.45) is -0.761. The fourth-order valence-electron chi connectivity index (χ4n) is 2.51. The maximum Gasteiger partial charge on any atom is 0.416 e. The van der Waals surface area contributed by atoms with Gasteiger partial charge in [-0.3, -0.25) is 0 Å². The van der Waals surface area contributed by atoms with Crippen LogP contribution in [0.3, 0.4) is 0 Å². The average molecular weight is 263 g/mol. The van der Waals surface area contributed by atoms with Crippen LogP contribution in [0.1, 0.15) is 42.7 Å². The summed E-state index contributed by atoms with van der Waals surface area (Å²) in [5.41, 5.74) is -0.169. The van der Waals surface area contributed by atoms with Gasteiger partial charge in [0.25, 0.3) is 0 Å². The van der Waals surface area contributed by atoms with E-state index >= 15 is 0 Å². The largest absolute Gasteiger partial charge is 0.416 e. The summed E-state index contributed by atoms with van der Waals surface area (Å²) in [4.78, 5) is 0. The van der Waals surface area contributed by atoms with Crippen LogP contribution in [0, 0.1) is 0 Å². The minimum atomic E-state index is -4.29. The van der Waals surface area contributed by atoms with Gasteiger partial charge in [0.2, 0.25) is 0 Å². The number of rotatable bonds is 1. The maximum absolute atomic E-state index is 12.9. The third-order valence-electron chi connectivity index (χ3n) is 3.35. The van der Waals surface area contributed by atoms with Crippen molar-refractivity contribution in [3.8, 4) is 0 Å². The van der Waals surface area contributed by atoms with Crippen LogP contribution < -0.4 is 0 Å². The molecule has 94 valence electrons. The lowest BCUT2D eigenvalue weighted by atomic mass is 9.81. The molecule has 0 saturated heterocycles. The molecule has 0 bridgehead atoms. The molecule has 1 aliphatic carbocycles. The summed E-state index contributed by atoms with van der Waals surface area (Å²) in [6.45, 7) is 0. The van der Waals surface area contributed by atoms with E-state index in [4.69, 9.17) is 11.6 Å². The second kappa shape index (κ2) is 4.89. The lowest BCUT2D eigenvalue weighted by molar-refractivity contribution is -0.138. The Hall–Kier alpha value is -0.700. The van der Waals surface area contributed by atoms with Gasteiger partial charge in [-0.05, 0) is 24.5 Å². The minimum absolute atomic E-state index is 0.164. The summed E-state index contributed by atoms with van der Waals surface area (Å²) < 4.78 is 38.7. The molecule has 2 atom stereocenters. The highest BCUT2D eigenvalue weighted by Gasteiger charge is 2.37. The molecule has 0 amide bonds. The molecule has 0 heterocycles. The first-order valence-electron chi connectivity index (χ1n) is 5.80. The van der Waals surface area contributed by atoms with Gasteiger partial charge in [-0.1, -0.05) is 31.0 Å². The van der Waals surface area contributed by atoms with Crippen molar-refractivity contribution in [2.75, 3.05) is 0 Å². The standard InChI is InChI=1S/C13H14ClF3/c14-12-8-4-2-6-10(12)9-5-1-3-7-11(9)13(15,16)17/h1,3,5,7,10,12H,2,4,6,8H2. The van der Waals surface area contributed by atoms with E-state index < -0.39 is 11.7 Å². The Labute approximate surface area is 104 Å². The molecule has 0 N–H and O–H groups in total. The first kappa shape index (κ1) is 12.7. The Balaban J connectivity index is 2.37. The van der Waals surface area contributed by atoms with Crippen LogP contribution >= 0.6 is 11.6 Å². The number of hydrogen-bond acceptors (Lipinski definition) is 0. The van der Waals surface area contributed by atoms with Crippen LogP contribution in [-0.4, -0.2) is 5.38 Å². The molecule has 4 heteroatoms. The van der Waals surface area contributed by atoms with Crippen LogP contribution in [0.4, 0.5) is 13.2 Å². The molecule has 1 aliphatic rings. The summed E-state index contributed by atoms with van der Waals surface area (Å²) in [7, 11) is 0. The highest BCUT2D eigenvalue weighted by molar-refractivity contribution is 6.21. The monoisotopic (exact) mass is 262 g/mol. The lowest BCUT2D eigenvalue weighted by Gasteiger charge is -2.29. The van der Waals surface area contributed by atoms with Crippen LogP contribution in [0.2, 0.25) is 0 Å². The smallest absolute Gasteiger partial charge is 0.166 e. The molecule has 0 spiro atoms. The molecule has 2 rings (SSSR count). The first-order chi connectivity index (χ1) is 8.00. The van der Waals surface area contributed by atoms with Crippen LogP contribution in [0.15, 0.2) is 24.3 Å². The third kappa shape index (κ3) is 2.76. The van der Waals surface area contributed by atoms with E-state index in [1.807, 2.05) is 0 Å². The van der Waals surface area contributed by atoms with Gasteiger partial charge < -0.3 is 0 Å². The van der Waals surface area contributed by atoms with Gasteiger partial charge >= 0.3 is 6.18 Å². The van der Waals surface area contributed by atoms with Crippen LogP contribution in [0.5, 0.6) is 0 Å². The van der Waals surface area contributed by atoms with Crippen molar-refractivity contribution >= 4 is 11.6 Å². The van der Waals surface area contributed by atoms with Crippen molar-refractivity contribution in [2.45, 2.75) is 43.2 Å². The zero-order chi connectivity index (χ0) is 12.5. The maximum atomic E-state index is 12.9. The van der Waals surface area contributed by atoms with Crippen LogP contribution in [0.25, 0.3) is 0 Å². The SMILES string of the molecule is FC(F)(F)c1ccccc1C1CCCCC1Cl. The van der Waals surface area contributed by atoms with E-state index in [1.165, 1.54) is 6.07 Å². The molecule has 1 aromatic rings. The molecular formula is C13H14ClF3. The normalized spacial score (nSPS) is 25.9. The predicted molar refractivity (Wildman–Crippen MR) is 62.3 cm³/mol. The molecular weight excluding hydrogens is 249 g/mol. The third-order valence-corrected chi connectivity index (χ3v) is 3.87. The quantitative estimate of drug-likeness (QED) is 0.627. The van der Waals surface area contributed by atoms with E-state index in [0.717, 1.165) is 31.7 Å². The second-order valence-corrected chi connectivity index (χ2v) is 5.05. The van der Waals surface area contributed by atoms with Crippen molar-refractivity contribution in [1.82, 2.24) is 0 Å². The van der Waals surface area contributed by atoms with Gasteiger partial charge in [-0.2, -0.15) is 13.2 Å². The molecule has 0 aliphatic heterocycles. The Morgan fingerprint density at radius 3 is 2.35 bits per heavy atom. The molecule has 1 saturated carbocycles. The van der Waals surface area contributed by atoms with Crippen molar-refractivity contribution in [3.05, 3.63) is 35.4 Å². The number of benzene rings is 1. The second-order valence-electron chi connectivity index (χ2n) is 4.49. The van der Waals surface area contributed by atoms with Crippen molar-refractivity contribution in [1.29, 1.82) is 0 Å². The topological polar surface area (TPSA) is 0 Å². The van der Waals surface area contributed by atoms with Gasteiger partial charge in [-0.25, -0.2) is 0 Å². The predicted octanol–water partition coefficient (Wildman–Crippen LogP) is 4.97. The zero-order valence-corrected chi connectivity index (χ0v) is 10.1. The van der Waals surface area contributed by atoms with Crippen molar-refractivity contribution < 1.29 is 13.2 Å². The summed E-state index contributed by atoms with van der Waals surface area (Å²) in [6, 6.07) is 5.79. The molecule has 0 radical (unpaired) electrons. The highest BCUT2D eigenvalue weighted by Crippen LogP contribution is 2.42. The van der Waals surface area contributed by atoms with Crippen LogP contribution in [-0.2, 0) is 6.18 Å². The van der Waals surface area contributed by atoms with E-state index in [-0.39, 0.29) is 11.3 Å².